The second-order valence-electron chi connectivity index (χ2n) is 4.29. The normalized spacial score (nSPS) is 10.3. The molecule has 2 aromatic rings. The molecule has 0 aliphatic heterocycles. The minimum absolute atomic E-state index is 0.131. The van der Waals surface area contributed by atoms with E-state index in [-0.39, 0.29) is 5.56 Å². The Morgan fingerprint density at radius 2 is 1.67 bits per heavy atom. The van der Waals surface area contributed by atoms with Gasteiger partial charge in [-0.15, -0.1) is 0 Å². The smallest absolute Gasteiger partial charge is 0.266 e. The lowest BCUT2D eigenvalue weighted by Crippen LogP contribution is -2.21. The third-order valence-corrected chi connectivity index (χ3v) is 3.13. The molecule has 2 rings (SSSR count). The van der Waals surface area contributed by atoms with Gasteiger partial charge in [0.05, 0.1) is 27.0 Å². The van der Waals surface area contributed by atoms with Gasteiger partial charge in [-0.25, -0.2) is 4.68 Å². The standard InChI is InChI=1S/C15H18N2O4/c1-5-17-14(18)7-6-11(16-17)10-8-12(19-2)15(21-4)13(9-10)20-3/h6-9H,5H2,1-4H3. The van der Waals surface area contributed by atoms with Crippen LogP contribution in [0.15, 0.2) is 29.1 Å². The van der Waals surface area contributed by atoms with Crippen LogP contribution in [0, 0.1) is 0 Å². The molecule has 0 saturated heterocycles. The highest BCUT2D eigenvalue weighted by Gasteiger charge is 2.15. The first kappa shape index (κ1) is 14.9. The summed E-state index contributed by atoms with van der Waals surface area (Å²) in [4.78, 5) is 11.6. The molecule has 112 valence electrons. The Balaban J connectivity index is 2.61. The van der Waals surface area contributed by atoms with Crippen molar-refractivity contribution in [3.05, 3.63) is 34.6 Å². The summed E-state index contributed by atoms with van der Waals surface area (Å²) in [7, 11) is 4.67. The Kier molecular flexibility index (Phi) is 4.47. The summed E-state index contributed by atoms with van der Waals surface area (Å²) in [6, 6.07) is 6.77. The summed E-state index contributed by atoms with van der Waals surface area (Å²) in [5.74, 6) is 1.61. The zero-order valence-corrected chi connectivity index (χ0v) is 12.5. The largest absolute Gasteiger partial charge is 0.493 e. The van der Waals surface area contributed by atoms with Gasteiger partial charge in [0.1, 0.15) is 0 Å². The van der Waals surface area contributed by atoms with Crippen LogP contribution < -0.4 is 19.8 Å². The molecule has 6 heteroatoms. The fourth-order valence-corrected chi connectivity index (χ4v) is 2.06. The Labute approximate surface area is 122 Å². The molecule has 0 radical (unpaired) electrons. The third kappa shape index (κ3) is 2.84. The second kappa shape index (κ2) is 6.30. The van der Waals surface area contributed by atoms with Crippen LogP contribution in [-0.4, -0.2) is 31.1 Å². The number of ether oxygens (including phenoxy) is 3. The predicted octanol–water partition coefficient (Wildman–Crippen LogP) is 1.96. The van der Waals surface area contributed by atoms with Crippen LogP contribution in [0.3, 0.4) is 0 Å². The first-order valence-electron chi connectivity index (χ1n) is 6.53. The van der Waals surface area contributed by atoms with Gasteiger partial charge in [-0.3, -0.25) is 4.79 Å². The number of hydrogen-bond acceptors (Lipinski definition) is 5. The molecule has 0 aliphatic rings. The van der Waals surface area contributed by atoms with Gasteiger partial charge in [0, 0.05) is 18.2 Å². The van der Waals surface area contributed by atoms with Crippen LogP contribution in [0.5, 0.6) is 17.2 Å². The molecule has 0 amide bonds. The van der Waals surface area contributed by atoms with Gasteiger partial charge in [0.15, 0.2) is 11.5 Å². The highest BCUT2D eigenvalue weighted by atomic mass is 16.5. The van der Waals surface area contributed by atoms with E-state index in [0.717, 1.165) is 5.56 Å². The van der Waals surface area contributed by atoms with Crippen molar-refractivity contribution >= 4 is 0 Å². The molecule has 0 atom stereocenters. The van der Waals surface area contributed by atoms with E-state index in [9.17, 15) is 4.79 Å². The van der Waals surface area contributed by atoms with Crippen molar-refractivity contribution in [2.24, 2.45) is 0 Å². The molecule has 0 bridgehead atoms. The van der Waals surface area contributed by atoms with E-state index in [1.165, 1.54) is 10.7 Å². The lowest BCUT2D eigenvalue weighted by atomic mass is 10.1. The maximum Gasteiger partial charge on any atom is 0.266 e. The maximum absolute atomic E-state index is 11.6. The summed E-state index contributed by atoms with van der Waals surface area (Å²) in [5, 5.41) is 4.32. The zero-order valence-electron chi connectivity index (χ0n) is 12.5. The Morgan fingerprint density at radius 1 is 1.05 bits per heavy atom. The van der Waals surface area contributed by atoms with Crippen molar-refractivity contribution in [3.63, 3.8) is 0 Å². The predicted molar refractivity (Wildman–Crippen MR) is 79.3 cm³/mol. The van der Waals surface area contributed by atoms with Crippen molar-refractivity contribution in [2.45, 2.75) is 13.5 Å². The number of nitrogens with zero attached hydrogens (tertiary/aromatic N) is 2. The summed E-state index contributed by atoms with van der Waals surface area (Å²) < 4.78 is 17.3. The van der Waals surface area contributed by atoms with Crippen LogP contribution >= 0.6 is 0 Å². The fraction of sp³-hybridized carbons (Fsp3) is 0.333. The van der Waals surface area contributed by atoms with Crippen LogP contribution in [-0.2, 0) is 6.54 Å². The minimum atomic E-state index is -0.131. The van der Waals surface area contributed by atoms with Gasteiger partial charge in [0.2, 0.25) is 5.75 Å². The van der Waals surface area contributed by atoms with Gasteiger partial charge in [0.25, 0.3) is 5.56 Å². The molecular weight excluding hydrogens is 272 g/mol. The van der Waals surface area contributed by atoms with Crippen LogP contribution in [0.2, 0.25) is 0 Å². The Hall–Kier alpha value is -2.50. The van der Waals surface area contributed by atoms with Gasteiger partial charge in [-0.05, 0) is 25.1 Å². The minimum Gasteiger partial charge on any atom is -0.493 e. The highest BCUT2D eigenvalue weighted by molar-refractivity contribution is 5.68. The molecule has 1 heterocycles. The summed E-state index contributed by atoms with van der Waals surface area (Å²) in [6.45, 7) is 2.38. The zero-order chi connectivity index (χ0) is 15.4. The molecule has 0 unspecified atom stereocenters. The van der Waals surface area contributed by atoms with E-state index >= 15 is 0 Å². The van der Waals surface area contributed by atoms with E-state index in [2.05, 4.69) is 5.10 Å². The van der Waals surface area contributed by atoms with Gasteiger partial charge < -0.3 is 14.2 Å². The Bertz CT molecular complexity index is 669. The number of aromatic nitrogens is 2. The number of hydrogen-bond donors (Lipinski definition) is 0. The molecule has 1 aromatic heterocycles. The van der Waals surface area contributed by atoms with Crippen LogP contribution in [0.1, 0.15) is 6.92 Å². The van der Waals surface area contributed by atoms with E-state index in [0.29, 0.717) is 29.5 Å². The third-order valence-electron chi connectivity index (χ3n) is 3.13. The molecule has 0 N–H and O–H groups in total. The van der Waals surface area contributed by atoms with Gasteiger partial charge in [-0.1, -0.05) is 0 Å². The van der Waals surface area contributed by atoms with Crippen molar-refractivity contribution in [3.8, 4) is 28.5 Å². The van der Waals surface area contributed by atoms with Gasteiger partial charge in [-0.2, -0.15) is 5.10 Å². The summed E-state index contributed by atoms with van der Waals surface area (Å²) >= 11 is 0. The molecule has 1 aromatic carbocycles. The molecule has 0 spiro atoms. The average Bonchev–Trinajstić information content (AvgIpc) is 2.53. The molecule has 6 nitrogen and oxygen atoms in total. The maximum atomic E-state index is 11.6. The van der Waals surface area contributed by atoms with Crippen molar-refractivity contribution in [2.75, 3.05) is 21.3 Å². The number of benzene rings is 1. The summed E-state index contributed by atoms with van der Waals surface area (Å²) in [6.07, 6.45) is 0. The molecular formula is C15H18N2O4. The fourth-order valence-electron chi connectivity index (χ4n) is 2.06. The molecule has 21 heavy (non-hydrogen) atoms. The Morgan fingerprint density at radius 3 is 2.14 bits per heavy atom. The lowest BCUT2D eigenvalue weighted by molar-refractivity contribution is 0.324. The van der Waals surface area contributed by atoms with E-state index in [1.54, 1.807) is 39.5 Å². The first-order chi connectivity index (χ1) is 10.1. The average molecular weight is 290 g/mol. The topological polar surface area (TPSA) is 62.6 Å². The van der Waals surface area contributed by atoms with Crippen molar-refractivity contribution in [1.82, 2.24) is 9.78 Å². The molecule has 0 fully saturated rings. The van der Waals surface area contributed by atoms with Gasteiger partial charge >= 0.3 is 0 Å². The van der Waals surface area contributed by atoms with Crippen LogP contribution in [0.4, 0.5) is 0 Å². The van der Waals surface area contributed by atoms with Crippen molar-refractivity contribution in [1.29, 1.82) is 0 Å². The molecule has 0 saturated carbocycles. The monoisotopic (exact) mass is 290 g/mol. The van der Waals surface area contributed by atoms with Crippen LogP contribution in [0.25, 0.3) is 11.3 Å². The number of methoxy groups -OCH3 is 3. The second-order valence-corrected chi connectivity index (χ2v) is 4.29. The first-order valence-corrected chi connectivity index (χ1v) is 6.53. The van der Waals surface area contributed by atoms with E-state index in [4.69, 9.17) is 14.2 Å². The quantitative estimate of drug-likeness (QED) is 0.842. The number of aryl methyl sites for hydroxylation is 1. The molecule has 0 aliphatic carbocycles. The van der Waals surface area contributed by atoms with Crippen molar-refractivity contribution < 1.29 is 14.2 Å². The SMILES string of the molecule is CCn1nc(-c2cc(OC)c(OC)c(OC)c2)ccc1=O. The van der Waals surface area contributed by atoms with E-state index < -0.39 is 0 Å². The number of rotatable bonds is 5. The lowest BCUT2D eigenvalue weighted by Gasteiger charge is -2.14. The highest BCUT2D eigenvalue weighted by Crippen LogP contribution is 2.40. The van der Waals surface area contributed by atoms with E-state index in [1.807, 2.05) is 6.92 Å². The summed E-state index contributed by atoms with van der Waals surface area (Å²) in [5.41, 5.74) is 1.32.